The van der Waals surface area contributed by atoms with Crippen LogP contribution in [0.4, 0.5) is 15.1 Å². The summed E-state index contributed by atoms with van der Waals surface area (Å²) in [6, 6.07) is 18.1. The van der Waals surface area contributed by atoms with E-state index >= 15 is 0 Å². The first kappa shape index (κ1) is 26.1. The summed E-state index contributed by atoms with van der Waals surface area (Å²) in [6.07, 6.45) is 4.45. The molecule has 0 saturated heterocycles. The van der Waals surface area contributed by atoms with E-state index in [9.17, 15) is 9.18 Å². The number of nitrogens with zero attached hydrogens (tertiary/aromatic N) is 3. The molecule has 7 heteroatoms. The molecule has 4 aromatic rings. The first-order valence-electron chi connectivity index (χ1n) is 12.5. The second-order valence-electron chi connectivity index (χ2n) is 10.0. The lowest BCUT2D eigenvalue weighted by atomic mass is 9.98. The maximum absolute atomic E-state index is 13.8. The average Bonchev–Trinajstić information content (AvgIpc) is 3.24. The molecule has 0 amide bonds. The van der Waals surface area contributed by atoms with Crippen molar-refractivity contribution in [1.82, 2.24) is 14.5 Å². The van der Waals surface area contributed by atoms with Crippen molar-refractivity contribution in [1.29, 1.82) is 0 Å². The van der Waals surface area contributed by atoms with Crippen molar-refractivity contribution in [3.63, 3.8) is 0 Å². The predicted molar refractivity (Wildman–Crippen MR) is 145 cm³/mol. The molecule has 0 aliphatic rings. The number of benzene rings is 2. The van der Waals surface area contributed by atoms with E-state index < -0.39 is 11.7 Å². The highest BCUT2D eigenvalue weighted by Crippen LogP contribution is 2.37. The highest BCUT2D eigenvalue weighted by molar-refractivity contribution is 5.88. The molecule has 2 aromatic heterocycles. The molecule has 0 aliphatic carbocycles. The van der Waals surface area contributed by atoms with Crippen molar-refractivity contribution in [2.45, 2.75) is 59.1 Å². The van der Waals surface area contributed by atoms with Gasteiger partial charge < -0.3 is 10.1 Å². The molecule has 0 spiro atoms. The monoisotopic (exact) mass is 500 g/mol. The average molecular weight is 501 g/mol. The van der Waals surface area contributed by atoms with Crippen LogP contribution in [0.15, 0.2) is 73.1 Å². The molecule has 0 fully saturated rings. The Balaban J connectivity index is 1.83. The Bertz CT molecular complexity index is 1360. The fraction of sp³-hybridized carbons (Fsp3) is 0.300. The van der Waals surface area contributed by atoms with E-state index in [2.05, 4.69) is 36.3 Å². The molecule has 2 heterocycles. The van der Waals surface area contributed by atoms with Gasteiger partial charge in [-0.25, -0.2) is 19.2 Å². The number of hydrogen-bond acceptors (Lipinski definition) is 5. The molecular formula is C30H33FN4O2. The molecule has 2 aromatic carbocycles. The number of nitrogens with one attached hydrogen (secondary N) is 1. The smallest absolute Gasteiger partial charge is 0.418 e. The maximum Gasteiger partial charge on any atom is 0.418 e. The molecule has 0 saturated carbocycles. The number of carbonyl (C=O) groups is 1. The van der Waals surface area contributed by atoms with E-state index in [1.165, 1.54) is 12.1 Å². The zero-order chi connectivity index (χ0) is 26.6. The van der Waals surface area contributed by atoms with Crippen LogP contribution in [0.5, 0.6) is 0 Å². The van der Waals surface area contributed by atoms with Crippen LogP contribution in [-0.2, 0) is 11.2 Å². The standard InChI is InChI=1S/C30H33FN4O2/c1-6-10-26-27(25-17-18-32-28(34-25)33-20(2)21-11-8-7-9-12-21)24(22-13-15-23(31)16-14-22)19-35(26)29(36)37-30(3,4)5/h7-9,11-20H,6,10H2,1-5H3,(H,32,33,34)/t20-/m0/s1. The van der Waals surface area contributed by atoms with Crippen molar-refractivity contribution in [2.24, 2.45) is 0 Å². The van der Waals surface area contributed by atoms with E-state index in [0.717, 1.165) is 34.4 Å². The Morgan fingerprint density at radius 3 is 2.43 bits per heavy atom. The molecule has 0 unspecified atom stereocenters. The molecule has 192 valence electrons. The van der Waals surface area contributed by atoms with Gasteiger partial charge >= 0.3 is 6.09 Å². The molecule has 1 atom stereocenters. The van der Waals surface area contributed by atoms with Crippen LogP contribution in [0.1, 0.15) is 58.3 Å². The minimum absolute atomic E-state index is 0.00510. The Hall–Kier alpha value is -4.00. The number of ether oxygens (including phenoxy) is 1. The molecule has 0 aliphatic heterocycles. The van der Waals surface area contributed by atoms with Gasteiger partial charge in [0.1, 0.15) is 11.4 Å². The topological polar surface area (TPSA) is 69.0 Å². The molecule has 1 N–H and O–H groups in total. The summed E-state index contributed by atoms with van der Waals surface area (Å²) >= 11 is 0. The normalized spacial score (nSPS) is 12.3. The lowest BCUT2D eigenvalue weighted by Crippen LogP contribution is -2.27. The van der Waals surface area contributed by atoms with Gasteiger partial charge in [-0.1, -0.05) is 55.8 Å². The third-order valence-electron chi connectivity index (χ3n) is 5.90. The minimum Gasteiger partial charge on any atom is -0.443 e. The molecule has 4 rings (SSSR count). The number of halogens is 1. The molecule has 0 radical (unpaired) electrons. The Kier molecular flexibility index (Phi) is 7.71. The molecule has 6 nitrogen and oxygen atoms in total. The third-order valence-corrected chi connectivity index (χ3v) is 5.90. The lowest BCUT2D eigenvalue weighted by molar-refractivity contribution is 0.0533. The fourth-order valence-corrected chi connectivity index (χ4v) is 4.22. The summed E-state index contributed by atoms with van der Waals surface area (Å²) in [5.41, 5.74) is 4.28. The van der Waals surface area contributed by atoms with Crippen molar-refractivity contribution >= 4 is 12.0 Å². The van der Waals surface area contributed by atoms with E-state index in [-0.39, 0.29) is 11.9 Å². The van der Waals surface area contributed by atoms with E-state index in [1.54, 1.807) is 29.1 Å². The number of aromatic nitrogens is 3. The van der Waals surface area contributed by atoms with Crippen LogP contribution in [-0.4, -0.2) is 26.2 Å². The summed E-state index contributed by atoms with van der Waals surface area (Å²) in [5.74, 6) is 0.153. The van der Waals surface area contributed by atoms with Crippen LogP contribution >= 0.6 is 0 Å². The highest BCUT2D eigenvalue weighted by Gasteiger charge is 2.26. The van der Waals surface area contributed by atoms with Crippen LogP contribution < -0.4 is 5.32 Å². The maximum atomic E-state index is 13.8. The van der Waals surface area contributed by atoms with E-state index in [4.69, 9.17) is 9.72 Å². The third kappa shape index (κ3) is 6.23. The van der Waals surface area contributed by atoms with Gasteiger partial charge in [-0.15, -0.1) is 0 Å². The van der Waals surface area contributed by atoms with Crippen molar-refractivity contribution in [3.8, 4) is 22.4 Å². The lowest BCUT2D eigenvalue weighted by Gasteiger charge is -2.20. The first-order valence-corrected chi connectivity index (χ1v) is 12.5. The molecule has 37 heavy (non-hydrogen) atoms. The summed E-state index contributed by atoms with van der Waals surface area (Å²) in [6.45, 7) is 9.63. The van der Waals surface area contributed by atoms with Crippen LogP contribution in [0.3, 0.4) is 0 Å². The van der Waals surface area contributed by atoms with Gasteiger partial charge in [0.2, 0.25) is 5.95 Å². The first-order chi connectivity index (χ1) is 17.7. The Labute approximate surface area is 217 Å². The number of rotatable bonds is 7. The van der Waals surface area contributed by atoms with Gasteiger partial charge in [0.15, 0.2) is 0 Å². The molecule has 0 bridgehead atoms. The van der Waals surface area contributed by atoms with Crippen LogP contribution in [0, 0.1) is 5.82 Å². The largest absolute Gasteiger partial charge is 0.443 e. The summed E-state index contributed by atoms with van der Waals surface area (Å²) in [7, 11) is 0. The Morgan fingerprint density at radius 1 is 1.08 bits per heavy atom. The quantitative estimate of drug-likeness (QED) is 0.282. The van der Waals surface area contributed by atoms with Gasteiger partial charge in [-0.3, -0.25) is 4.57 Å². The summed E-state index contributed by atoms with van der Waals surface area (Å²) in [4.78, 5) is 22.5. The van der Waals surface area contributed by atoms with Crippen LogP contribution in [0.25, 0.3) is 22.4 Å². The van der Waals surface area contributed by atoms with E-state index in [1.807, 2.05) is 45.0 Å². The van der Waals surface area contributed by atoms with Gasteiger partial charge in [0.25, 0.3) is 0 Å². The van der Waals surface area contributed by atoms with E-state index in [0.29, 0.717) is 18.1 Å². The zero-order valence-electron chi connectivity index (χ0n) is 22.0. The number of carbonyl (C=O) groups excluding carboxylic acids is 1. The second kappa shape index (κ2) is 10.9. The minimum atomic E-state index is -0.652. The van der Waals surface area contributed by atoms with Crippen molar-refractivity contribution < 1.29 is 13.9 Å². The van der Waals surface area contributed by atoms with Gasteiger partial charge in [0, 0.05) is 29.2 Å². The SMILES string of the molecule is CCCc1c(-c2ccnc(N[C@@H](C)c3ccccc3)n2)c(-c2ccc(F)cc2)cn1C(=O)OC(C)(C)C. The summed E-state index contributed by atoms with van der Waals surface area (Å²) in [5, 5.41) is 3.38. The summed E-state index contributed by atoms with van der Waals surface area (Å²) < 4.78 is 21.0. The van der Waals surface area contributed by atoms with Crippen molar-refractivity contribution in [2.75, 3.05) is 5.32 Å². The molecular weight excluding hydrogens is 467 g/mol. The van der Waals surface area contributed by atoms with Gasteiger partial charge in [0.05, 0.1) is 11.7 Å². The second-order valence-corrected chi connectivity index (χ2v) is 10.0. The fourth-order valence-electron chi connectivity index (χ4n) is 4.22. The van der Waals surface area contributed by atoms with Gasteiger partial charge in [-0.05, 0) is 63.4 Å². The Morgan fingerprint density at radius 2 is 1.78 bits per heavy atom. The van der Waals surface area contributed by atoms with Crippen molar-refractivity contribution in [3.05, 3.63) is 90.1 Å². The van der Waals surface area contributed by atoms with Crippen LogP contribution in [0.2, 0.25) is 0 Å². The zero-order valence-corrected chi connectivity index (χ0v) is 22.0. The predicted octanol–water partition coefficient (Wildman–Crippen LogP) is 7.66. The number of anilines is 1. The van der Waals surface area contributed by atoms with Gasteiger partial charge in [-0.2, -0.15) is 0 Å². The number of hydrogen-bond donors (Lipinski definition) is 1. The highest BCUT2D eigenvalue weighted by atomic mass is 19.1.